The highest BCUT2D eigenvalue weighted by Gasteiger charge is 2.02. The van der Waals surface area contributed by atoms with Crippen LogP contribution in [0.5, 0.6) is 5.75 Å². The first-order valence-electron chi connectivity index (χ1n) is 4.28. The quantitative estimate of drug-likeness (QED) is 0.788. The van der Waals surface area contributed by atoms with Gasteiger partial charge in [-0.25, -0.2) is 4.79 Å². The Morgan fingerprint density at radius 2 is 2.14 bits per heavy atom. The molecule has 0 saturated heterocycles. The molecule has 2 N–H and O–H groups in total. The number of rotatable bonds is 4. The number of ether oxygens (including phenoxy) is 2. The van der Waals surface area contributed by atoms with Gasteiger partial charge in [0.25, 0.3) is 0 Å². The number of hydrogen-bond acceptors (Lipinski definition) is 3. The summed E-state index contributed by atoms with van der Waals surface area (Å²) in [6.45, 7) is 0.274. The van der Waals surface area contributed by atoms with Crippen molar-refractivity contribution in [2.45, 2.75) is 6.42 Å². The maximum absolute atomic E-state index is 10.3. The standard InChI is InChI=1S/C10H13NO3/c1-13-9-5-3-2-4-8(9)6-7-14-10(11)12/h2-5H,6-7H2,1H3,(H2,11,12). The third-order valence-electron chi connectivity index (χ3n) is 1.81. The summed E-state index contributed by atoms with van der Waals surface area (Å²) in [5.41, 5.74) is 5.83. The van der Waals surface area contributed by atoms with E-state index in [9.17, 15) is 4.79 Å². The van der Waals surface area contributed by atoms with Gasteiger partial charge in [-0.15, -0.1) is 0 Å². The number of benzene rings is 1. The van der Waals surface area contributed by atoms with Crippen molar-refractivity contribution >= 4 is 6.09 Å². The molecule has 14 heavy (non-hydrogen) atoms. The van der Waals surface area contributed by atoms with Crippen molar-refractivity contribution in [3.8, 4) is 5.75 Å². The number of carbonyl (C=O) groups is 1. The molecule has 0 heterocycles. The van der Waals surface area contributed by atoms with Crippen molar-refractivity contribution in [3.63, 3.8) is 0 Å². The fraction of sp³-hybridized carbons (Fsp3) is 0.300. The molecule has 0 aliphatic rings. The van der Waals surface area contributed by atoms with E-state index < -0.39 is 6.09 Å². The highest BCUT2D eigenvalue weighted by molar-refractivity contribution is 5.64. The van der Waals surface area contributed by atoms with Gasteiger partial charge in [0.15, 0.2) is 0 Å². The first-order valence-corrected chi connectivity index (χ1v) is 4.28. The molecule has 0 aromatic heterocycles. The minimum Gasteiger partial charge on any atom is -0.496 e. The number of nitrogens with two attached hydrogens (primary N) is 1. The Balaban J connectivity index is 2.53. The molecule has 1 aromatic rings. The molecule has 4 heteroatoms. The summed E-state index contributed by atoms with van der Waals surface area (Å²) in [4.78, 5) is 10.3. The monoisotopic (exact) mass is 195 g/mol. The van der Waals surface area contributed by atoms with E-state index in [0.717, 1.165) is 11.3 Å². The van der Waals surface area contributed by atoms with Crippen molar-refractivity contribution < 1.29 is 14.3 Å². The summed E-state index contributed by atoms with van der Waals surface area (Å²) in [5, 5.41) is 0. The third-order valence-corrected chi connectivity index (χ3v) is 1.81. The van der Waals surface area contributed by atoms with Gasteiger partial charge in [0.1, 0.15) is 5.75 Å². The smallest absolute Gasteiger partial charge is 0.404 e. The lowest BCUT2D eigenvalue weighted by Crippen LogP contribution is -2.14. The van der Waals surface area contributed by atoms with Crippen LogP contribution in [-0.2, 0) is 11.2 Å². The van der Waals surface area contributed by atoms with Crippen molar-refractivity contribution in [2.75, 3.05) is 13.7 Å². The van der Waals surface area contributed by atoms with E-state index in [4.69, 9.17) is 10.5 Å². The Morgan fingerprint density at radius 1 is 1.43 bits per heavy atom. The second-order valence-corrected chi connectivity index (χ2v) is 2.73. The van der Waals surface area contributed by atoms with Crippen LogP contribution in [0, 0.1) is 0 Å². The van der Waals surface area contributed by atoms with E-state index in [1.54, 1.807) is 7.11 Å². The van der Waals surface area contributed by atoms with Crippen molar-refractivity contribution in [1.29, 1.82) is 0 Å². The van der Waals surface area contributed by atoms with Crippen LogP contribution in [0.25, 0.3) is 0 Å². The molecule has 0 spiro atoms. The zero-order chi connectivity index (χ0) is 10.4. The van der Waals surface area contributed by atoms with Crippen LogP contribution in [0.15, 0.2) is 24.3 Å². The minimum atomic E-state index is -0.750. The molecule has 0 atom stereocenters. The predicted molar refractivity (Wildman–Crippen MR) is 52.2 cm³/mol. The molecule has 0 fully saturated rings. The number of amides is 1. The fourth-order valence-electron chi connectivity index (χ4n) is 1.17. The summed E-state index contributed by atoms with van der Waals surface area (Å²) in [6.07, 6.45) is -0.146. The summed E-state index contributed by atoms with van der Waals surface area (Å²) < 4.78 is 9.76. The summed E-state index contributed by atoms with van der Waals surface area (Å²) >= 11 is 0. The Hall–Kier alpha value is -1.71. The van der Waals surface area contributed by atoms with Gasteiger partial charge in [0, 0.05) is 6.42 Å². The van der Waals surface area contributed by atoms with Gasteiger partial charge in [-0.1, -0.05) is 18.2 Å². The second kappa shape index (κ2) is 5.11. The highest BCUT2D eigenvalue weighted by atomic mass is 16.5. The molecule has 1 aromatic carbocycles. The average Bonchev–Trinajstić information content (AvgIpc) is 2.18. The molecular weight excluding hydrogens is 182 g/mol. The van der Waals surface area contributed by atoms with Gasteiger partial charge < -0.3 is 15.2 Å². The van der Waals surface area contributed by atoms with E-state index in [2.05, 4.69) is 4.74 Å². The van der Waals surface area contributed by atoms with E-state index in [0.29, 0.717) is 6.42 Å². The molecule has 0 bridgehead atoms. The third kappa shape index (κ3) is 2.97. The van der Waals surface area contributed by atoms with Gasteiger partial charge in [0.2, 0.25) is 0 Å². The molecule has 0 aliphatic carbocycles. The second-order valence-electron chi connectivity index (χ2n) is 2.73. The van der Waals surface area contributed by atoms with Gasteiger partial charge in [0.05, 0.1) is 13.7 Å². The van der Waals surface area contributed by atoms with E-state index in [1.807, 2.05) is 24.3 Å². The summed E-state index contributed by atoms with van der Waals surface area (Å²) in [6, 6.07) is 7.57. The fourth-order valence-corrected chi connectivity index (χ4v) is 1.17. The molecule has 1 amide bonds. The average molecular weight is 195 g/mol. The first-order chi connectivity index (χ1) is 6.74. The molecule has 0 unspecified atom stereocenters. The Labute approximate surface area is 82.6 Å². The predicted octanol–water partition coefficient (Wildman–Crippen LogP) is 1.33. The topological polar surface area (TPSA) is 61.6 Å². The van der Waals surface area contributed by atoms with Gasteiger partial charge in [-0.05, 0) is 11.6 Å². The van der Waals surface area contributed by atoms with Gasteiger partial charge in [-0.2, -0.15) is 0 Å². The van der Waals surface area contributed by atoms with Crippen LogP contribution in [0.2, 0.25) is 0 Å². The molecular formula is C10H13NO3. The Bertz CT molecular complexity index is 312. The number of para-hydroxylation sites is 1. The lowest BCUT2D eigenvalue weighted by Gasteiger charge is -2.07. The summed E-state index contributed by atoms with van der Waals surface area (Å²) in [7, 11) is 1.60. The Kier molecular flexibility index (Phi) is 3.79. The van der Waals surface area contributed by atoms with Crippen LogP contribution in [0.1, 0.15) is 5.56 Å². The molecule has 1 rings (SSSR count). The van der Waals surface area contributed by atoms with Crippen LogP contribution < -0.4 is 10.5 Å². The number of hydrogen-bond donors (Lipinski definition) is 1. The molecule has 4 nitrogen and oxygen atoms in total. The van der Waals surface area contributed by atoms with E-state index in [-0.39, 0.29) is 6.61 Å². The largest absolute Gasteiger partial charge is 0.496 e. The summed E-state index contributed by atoms with van der Waals surface area (Å²) in [5.74, 6) is 0.792. The van der Waals surface area contributed by atoms with Crippen molar-refractivity contribution in [1.82, 2.24) is 0 Å². The SMILES string of the molecule is COc1ccccc1CCOC(N)=O. The van der Waals surface area contributed by atoms with Gasteiger partial charge >= 0.3 is 6.09 Å². The zero-order valence-corrected chi connectivity index (χ0v) is 8.03. The molecule has 0 radical (unpaired) electrons. The number of carbonyl (C=O) groups excluding carboxylic acids is 1. The van der Waals surface area contributed by atoms with Crippen LogP contribution in [-0.4, -0.2) is 19.8 Å². The number of primary amides is 1. The maximum Gasteiger partial charge on any atom is 0.404 e. The number of methoxy groups -OCH3 is 1. The molecule has 76 valence electrons. The van der Waals surface area contributed by atoms with Crippen molar-refractivity contribution in [2.24, 2.45) is 5.73 Å². The lowest BCUT2D eigenvalue weighted by molar-refractivity contribution is 0.158. The lowest BCUT2D eigenvalue weighted by atomic mass is 10.1. The van der Waals surface area contributed by atoms with Crippen molar-refractivity contribution in [3.05, 3.63) is 29.8 Å². The van der Waals surface area contributed by atoms with E-state index >= 15 is 0 Å². The molecule has 0 aliphatic heterocycles. The first kappa shape index (κ1) is 10.4. The van der Waals surface area contributed by atoms with E-state index in [1.165, 1.54) is 0 Å². The zero-order valence-electron chi connectivity index (χ0n) is 8.03. The maximum atomic E-state index is 10.3. The minimum absolute atomic E-state index is 0.274. The van der Waals surface area contributed by atoms with Crippen LogP contribution in [0.4, 0.5) is 4.79 Å². The normalized spacial score (nSPS) is 9.50. The highest BCUT2D eigenvalue weighted by Crippen LogP contribution is 2.17. The van der Waals surface area contributed by atoms with Crippen LogP contribution in [0.3, 0.4) is 0 Å². The molecule has 0 saturated carbocycles. The Morgan fingerprint density at radius 3 is 2.79 bits per heavy atom. The van der Waals surface area contributed by atoms with Crippen LogP contribution >= 0.6 is 0 Å². The van der Waals surface area contributed by atoms with Gasteiger partial charge in [-0.3, -0.25) is 0 Å².